The first-order valence-electron chi connectivity index (χ1n) is 9.49. The van der Waals surface area contributed by atoms with Crippen LogP contribution in [0.15, 0.2) is 18.6 Å². The highest BCUT2D eigenvalue weighted by Gasteiger charge is 2.59. The summed E-state index contributed by atoms with van der Waals surface area (Å²) >= 11 is 0. The number of nitrogens with one attached hydrogen (secondary N) is 1. The van der Waals surface area contributed by atoms with Crippen LogP contribution in [0.4, 0.5) is 13.2 Å². The summed E-state index contributed by atoms with van der Waals surface area (Å²) in [5.41, 5.74) is -1.11. The molecule has 2 aliphatic heterocycles. The van der Waals surface area contributed by atoms with E-state index in [1.807, 2.05) is 0 Å². The van der Waals surface area contributed by atoms with Gasteiger partial charge < -0.3 is 15.3 Å². The Kier molecular flexibility index (Phi) is 3.89. The van der Waals surface area contributed by atoms with E-state index in [-0.39, 0.29) is 36.6 Å². The highest BCUT2D eigenvalue weighted by Crippen LogP contribution is 2.46. The molecule has 0 aromatic carbocycles. The minimum atomic E-state index is -4.53. The van der Waals surface area contributed by atoms with E-state index >= 15 is 0 Å². The second kappa shape index (κ2) is 6.15. The van der Waals surface area contributed by atoms with Crippen LogP contribution in [-0.4, -0.2) is 38.5 Å². The first-order chi connectivity index (χ1) is 13.8. The average Bonchev–Trinajstić information content (AvgIpc) is 3.19. The fourth-order valence-electron chi connectivity index (χ4n) is 4.40. The van der Waals surface area contributed by atoms with Crippen LogP contribution in [0.25, 0.3) is 5.82 Å². The number of halogens is 3. The van der Waals surface area contributed by atoms with Crippen LogP contribution in [0.2, 0.25) is 0 Å². The first-order valence-corrected chi connectivity index (χ1v) is 9.49. The quantitative estimate of drug-likeness (QED) is 0.617. The average molecular weight is 409 g/mol. The van der Waals surface area contributed by atoms with Crippen molar-refractivity contribution in [2.75, 3.05) is 0 Å². The van der Waals surface area contributed by atoms with E-state index < -0.39 is 17.6 Å². The zero-order valence-corrected chi connectivity index (χ0v) is 15.3. The predicted molar refractivity (Wildman–Crippen MR) is 91.0 cm³/mol. The molecule has 2 atom stereocenters. The molecule has 3 aliphatic rings. The number of aromatic nitrogens is 4. The lowest BCUT2D eigenvalue weighted by atomic mass is 9.76. The summed E-state index contributed by atoms with van der Waals surface area (Å²) in [4.78, 5) is 17.0. The maximum Gasteiger partial charge on any atom is 0.411 e. The summed E-state index contributed by atoms with van der Waals surface area (Å²) in [6.07, 6.45) is 0.747. The maximum absolute atomic E-state index is 13.5. The second-order valence-electron chi connectivity index (χ2n) is 7.81. The Bertz CT molecular complexity index is 986. The Balaban J connectivity index is 1.57. The number of ether oxygens (including phenoxy) is 1. The molecule has 4 heterocycles. The van der Waals surface area contributed by atoms with Gasteiger partial charge in [-0.3, -0.25) is 4.79 Å². The Morgan fingerprint density at radius 2 is 2.17 bits per heavy atom. The molecule has 0 radical (unpaired) electrons. The van der Waals surface area contributed by atoms with Crippen LogP contribution in [0.5, 0.6) is 0 Å². The lowest BCUT2D eigenvalue weighted by molar-refractivity contribution is -0.605. The largest absolute Gasteiger partial charge is 0.619 e. The molecule has 2 bridgehead atoms. The molecule has 2 unspecified atom stereocenters. The summed E-state index contributed by atoms with van der Waals surface area (Å²) in [5, 5.41) is 18.2. The van der Waals surface area contributed by atoms with Gasteiger partial charge in [0.25, 0.3) is 5.91 Å². The lowest BCUT2D eigenvalue weighted by Gasteiger charge is -2.43. The van der Waals surface area contributed by atoms with E-state index in [4.69, 9.17) is 4.74 Å². The third-order valence-electron chi connectivity index (χ3n) is 6.07. The molecular weight excluding hydrogens is 391 g/mol. The molecule has 154 valence electrons. The van der Waals surface area contributed by atoms with Gasteiger partial charge in [-0.15, -0.1) is 0 Å². The molecule has 11 heteroatoms. The van der Waals surface area contributed by atoms with Crippen molar-refractivity contribution < 1.29 is 27.4 Å². The van der Waals surface area contributed by atoms with Crippen molar-refractivity contribution in [2.24, 2.45) is 0 Å². The SMILES string of the molecule is O=C(NC1(C(F)(F)F)CCC1)c1nn(-c2c[n+]([O-])ccn2)c2c1CC1CCC2O1. The van der Waals surface area contributed by atoms with Gasteiger partial charge in [0.15, 0.2) is 11.9 Å². The number of hydrogen-bond donors (Lipinski definition) is 1. The fraction of sp³-hybridized carbons (Fsp3) is 0.556. The summed E-state index contributed by atoms with van der Waals surface area (Å²) in [7, 11) is 0. The molecule has 1 N–H and O–H groups in total. The monoisotopic (exact) mass is 409 g/mol. The molecule has 29 heavy (non-hydrogen) atoms. The van der Waals surface area contributed by atoms with Crippen LogP contribution in [0.3, 0.4) is 0 Å². The number of nitrogens with zero attached hydrogens (tertiary/aromatic N) is 4. The third-order valence-corrected chi connectivity index (χ3v) is 6.07. The van der Waals surface area contributed by atoms with Crippen molar-refractivity contribution in [2.45, 2.75) is 62.4 Å². The van der Waals surface area contributed by atoms with E-state index in [1.165, 1.54) is 23.3 Å². The first kappa shape index (κ1) is 18.3. The molecule has 1 amide bonds. The number of carbonyl (C=O) groups excluding carboxylic acids is 1. The topological polar surface area (TPSA) is 96.0 Å². The Morgan fingerprint density at radius 1 is 1.38 bits per heavy atom. The minimum Gasteiger partial charge on any atom is -0.619 e. The second-order valence-corrected chi connectivity index (χ2v) is 7.81. The van der Waals surface area contributed by atoms with E-state index in [9.17, 15) is 23.2 Å². The molecule has 1 aliphatic carbocycles. The fourth-order valence-corrected chi connectivity index (χ4v) is 4.40. The Morgan fingerprint density at radius 3 is 2.83 bits per heavy atom. The van der Waals surface area contributed by atoms with Gasteiger partial charge in [0.1, 0.15) is 11.6 Å². The summed E-state index contributed by atoms with van der Waals surface area (Å²) in [6, 6.07) is 0. The zero-order chi connectivity index (χ0) is 20.4. The normalized spacial score (nSPS) is 24.7. The zero-order valence-electron chi connectivity index (χ0n) is 15.3. The van der Waals surface area contributed by atoms with E-state index in [0.717, 1.165) is 6.42 Å². The Labute approximate surface area is 163 Å². The van der Waals surface area contributed by atoms with Gasteiger partial charge in [0.2, 0.25) is 12.0 Å². The van der Waals surface area contributed by atoms with Gasteiger partial charge in [0.05, 0.1) is 18.0 Å². The van der Waals surface area contributed by atoms with Crippen molar-refractivity contribution in [1.29, 1.82) is 0 Å². The van der Waals surface area contributed by atoms with Gasteiger partial charge in [-0.05, 0) is 32.1 Å². The lowest BCUT2D eigenvalue weighted by Crippen LogP contribution is -2.63. The van der Waals surface area contributed by atoms with E-state index in [2.05, 4.69) is 15.4 Å². The molecule has 2 aromatic rings. The molecule has 5 rings (SSSR count). The smallest absolute Gasteiger partial charge is 0.411 e. The van der Waals surface area contributed by atoms with Crippen molar-refractivity contribution in [3.63, 3.8) is 0 Å². The van der Waals surface area contributed by atoms with Gasteiger partial charge in [-0.1, -0.05) is 0 Å². The Hall–Kier alpha value is -2.69. The van der Waals surface area contributed by atoms with E-state index in [0.29, 0.717) is 35.3 Å². The van der Waals surface area contributed by atoms with Crippen LogP contribution in [-0.2, 0) is 11.2 Å². The molecular formula is C18H18F3N5O3. The van der Waals surface area contributed by atoms with Crippen molar-refractivity contribution in [3.8, 4) is 5.82 Å². The number of fused-ring (bicyclic) bond motifs is 4. The third kappa shape index (κ3) is 2.78. The number of amides is 1. The maximum atomic E-state index is 13.5. The van der Waals surface area contributed by atoms with E-state index in [1.54, 1.807) is 0 Å². The van der Waals surface area contributed by atoms with Crippen molar-refractivity contribution in [1.82, 2.24) is 20.1 Å². The molecule has 1 saturated heterocycles. The number of hydrogen-bond acceptors (Lipinski definition) is 5. The molecule has 2 aromatic heterocycles. The van der Waals surface area contributed by atoms with Gasteiger partial charge in [-0.25, -0.2) is 9.67 Å². The van der Waals surface area contributed by atoms with Gasteiger partial charge in [-0.2, -0.15) is 23.0 Å². The van der Waals surface area contributed by atoms with Gasteiger partial charge in [0, 0.05) is 12.0 Å². The van der Waals surface area contributed by atoms with Gasteiger partial charge >= 0.3 is 6.18 Å². The van der Waals surface area contributed by atoms with Crippen LogP contribution >= 0.6 is 0 Å². The number of rotatable bonds is 3. The van der Waals surface area contributed by atoms with Crippen LogP contribution < -0.4 is 10.0 Å². The summed E-state index contributed by atoms with van der Waals surface area (Å²) < 4.78 is 48.3. The minimum absolute atomic E-state index is 0.0566. The number of carbonyl (C=O) groups is 1. The molecule has 0 spiro atoms. The van der Waals surface area contributed by atoms with Crippen molar-refractivity contribution in [3.05, 3.63) is 40.7 Å². The van der Waals surface area contributed by atoms with Crippen LogP contribution in [0, 0.1) is 5.21 Å². The molecule has 8 nitrogen and oxygen atoms in total. The standard InChI is InChI=1S/C18H18F3N5O3/c19-18(20,21)17(4-1-5-17)23-16(27)14-11-8-10-2-3-12(29-10)15(11)26(24-14)13-9-25(28)7-6-22-13/h6-7,9-10,12H,1-5,8H2,(H,23,27). The molecule has 2 fully saturated rings. The predicted octanol–water partition coefficient (Wildman–Crippen LogP) is 1.89. The summed E-state index contributed by atoms with van der Waals surface area (Å²) in [6.45, 7) is 0. The van der Waals surface area contributed by atoms with Crippen LogP contribution in [0.1, 0.15) is 60.0 Å². The molecule has 1 saturated carbocycles. The summed E-state index contributed by atoms with van der Waals surface area (Å²) in [5.74, 6) is -0.676. The highest BCUT2D eigenvalue weighted by atomic mass is 19.4. The number of alkyl halides is 3. The van der Waals surface area contributed by atoms with Crippen molar-refractivity contribution >= 4 is 5.91 Å². The highest BCUT2D eigenvalue weighted by molar-refractivity contribution is 5.95.